The number of rotatable bonds is 3. The van der Waals surface area contributed by atoms with E-state index in [-0.39, 0.29) is 17.7 Å². The molecular weight excluding hydrogens is 174 g/mol. The minimum Gasteiger partial charge on any atom is -0.480 e. The van der Waals surface area contributed by atoms with E-state index >= 15 is 0 Å². The highest BCUT2D eigenvalue weighted by atomic mass is 16.4. The molecule has 5 heteroatoms. The molecule has 1 aromatic heterocycles. The highest BCUT2D eigenvalue weighted by Crippen LogP contribution is 2.00. The zero-order chi connectivity index (χ0) is 9.84. The van der Waals surface area contributed by atoms with Crippen molar-refractivity contribution in [1.29, 1.82) is 0 Å². The predicted molar refractivity (Wildman–Crippen MR) is 45.8 cm³/mol. The number of hydrogen-bond acceptors (Lipinski definition) is 4. The topological polar surface area (TPSA) is 79.5 Å². The van der Waals surface area contributed by atoms with Crippen molar-refractivity contribution in [2.45, 2.75) is 6.92 Å². The predicted octanol–water partition coefficient (Wildman–Crippen LogP) is 0.445. The molecule has 0 saturated heterocycles. The highest BCUT2D eigenvalue weighted by Gasteiger charge is 2.02. The van der Waals surface area contributed by atoms with Crippen molar-refractivity contribution in [3.63, 3.8) is 0 Å². The lowest BCUT2D eigenvalue weighted by Crippen LogP contribution is -2.17. The Morgan fingerprint density at radius 1 is 1.69 bits per heavy atom. The number of carbonyl (C=O) groups is 1. The SMILES string of the molecule is Cc1cc(=O)c(NCC(=O)O)co1. The third-order valence-corrected chi connectivity index (χ3v) is 1.39. The quantitative estimate of drug-likeness (QED) is 0.710. The molecule has 70 valence electrons. The molecular formula is C8H9NO4. The maximum atomic E-state index is 11.1. The molecule has 1 aromatic rings. The van der Waals surface area contributed by atoms with Crippen LogP contribution in [0.25, 0.3) is 0 Å². The Kier molecular flexibility index (Phi) is 2.69. The van der Waals surface area contributed by atoms with Crippen molar-refractivity contribution >= 4 is 11.7 Å². The van der Waals surface area contributed by atoms with Gasteiger partial charge in [-0.1, -0.05) is 0 Å². The van der Waals surface area contributed by atoms with Gasteiger partial charge in [0.05, 0.1) is 0 Å². The van der Waals surface area contributed by atoms with Crippen molar-refractivity contribution in [3.8, 4) is 0 Å². The Morgan fingerprint density at radius 2 is 2.38 bits per heavy atom. The highest BCUT2D eigenvalue weighted by molar-refractivity contribution is 5.72. The van der Waals surface area contributed by atoms with Crippen LogP contribution in [0.3, 0.4) is 0 Å². The fraction of sp³-hybridized carbons (Fsp3) is 0.250. The molecule has 0 aromatic carbocycles. The largest absolute Gasteiger partial charge is 0.480 e. The van der Waals surface area contributed by atoms with E-state index in [2.05, 4.69) is 5.32 Å². The van der Waals surface area contributed by atoms with E-state index in [4.69, 9.17) is 9.52 Å². The molecule has 0 bridgehead atoms. The summed E-state index contributed by atoms with van der Waals surface area (Å²) in [5, 5.41) is 10.8. The van der Waals surface area contributed by atoms with Gasteiger partial charge in [0, 0.05) is 6.07 Å². The number of carboxylic acid groups (broad SMARTS) is 1. The summed E-state index contributed by atoms with van der Waals surface area (Å²) in [6.45, 7) is 1.34. The van der Waals surface area contributed by atoms with Gasteiger partial charge in [0.15, 0.2) is 0 Å². The van der Waals surface area contributed by atoms with Crippen molar-refractivity contribution in [2.75, 3.05) is 11.9 Å². The second kappa shape index (κ2) is 3.75. The van der Waals surface area contributed by atoms with Gasteiger partial charge in [-0.05, 0) is 6.92 Å². The van der Waals surface area contributed by atoms with Gasteiger partial charge >= 0.3 is 5.97 Å². The lowest BCUT2D eigenvalue weighted by atomic mass is 10.3. The maximum absolute atomic E-state index is 11.1. The van der Waals surface area contributed by atoms with Gasteiger partial charge in [-0.2, -0.15) is 0 Å². The molecule has 5 nitrogen and oxygen atoms in total. The number of carboxylic acids is 1. The Balaban J connectivity index is 2.78. The molecule has 2 N–H and O–H groups in total. The zero-order valence-electron chi connectivity index (χ0n) is 7.03. The normalized spacial score (nSPS) is 9.62. The molecule has 0 aliphatic heterocycles. The molecule has 1 rings (SSSR count). The van der Waals surface area contributed by atoms with Crippen LogP contribution in [-0.2, 0) is 4.79 Å². The summed E-state index contributed by atoms with van der Waals surface area (Å²) in [5.74, 6) is -0.536. The first kappa shape index (κ1) is 9.31. The summed E-state index contributed by atoms with van der Waals surface area (Å²) in [4.78, 5) is 21.3. The Hall–Kier alpha value is -1.78. The van der Waals surface area contributed by atoms with Crippen molar-refractivity contribution in [3.05, 3.63) is 28.3 Å². The molecule has 0 saturated carbocycles. The average Bonchev–Trinajstić information content (AvgIpc) is 2.02. The van der Waals surface area contributed by atoms with Crippen LogP contribution >= 0.6 is 0 Å². The van der Waals surface area contributed by atoms with Gasteiger partial charge in [-0.25, -0.2) is 0 Å². The van der Waals surface area contributed by atoms with Crippen LogP contribution < -0.4 is 10.7 Å². The van der Waals surface area contributed by atoms with Gasteiger partial charge in [0.2, 0.25) is 5.43 Å². The van der Waals surface area contributed by atoms with Crippen LogP contribution in [-0.4, -0.2) is 17.6 Å². The third-order valence-electron chi connectivity index (χ3n) is 1.39. The molecule has 1 heterocycles. The average molecular weight is 183 g/mol. The van der Waals surface area contributed by atoms with E-state index in [1.165, 1.54) is 12.3 Å². The first-order chi connectivity index (χ1) is 6.09. The minimum atomic E-state index is -1.03. The van der Waals surface area contributed by atoms with E-state index in [0.29, 0.717) is 5.76 Å². The van der Waals surface area contributed by atoms with Gasteiger partial charge in [-0.15, -0.1) is 0 Å². The van der Waals surface area contributed by atoms with Crippen molar-refractivity contribution < 1.29 is 14.3 Å². The molecule has 0 unspecified atom stereocenters. The van der Waals surface area contributed by atoms with Crippen LogP contribution in [0.5, 0.6) is 0 Å². The van der Waals surface area contributed by atoms with E-state index in [1.54, 1.807) is 6.92 Å². The van der Waals surface area contributed by atoms with Crippen LogP contribution in [0, 0.1) is 6.92 Å². The van der Waals surface area contributed by atoms with Gasteiger partial charge < -0.3 is 14.8 Å². The fourth-order valence-electron chi connectivity index (χ4n) is 0.806. The maximum Gasteiger partial charge on any atom is 0.322 e. The summed E-state index contributed by atoms with van der Waals surface area (Å²) in [5.41, 5.74) is -0.113. The summed E-state index contributed by atoms with van der Waals surface area (Å²) in [7, 11) is 0. The van der Waals surface area contributed by atoms with E-state index < -0.39 is 5.97 Å². The summed E-state index contributed by atoms with van der Waals surface area (Å²) >= 11 is 0. The Bertz CT molecular complexity index is 369. The van der Waals surface area contributed by atoms with Crippen molar-refractivity contribution in [1.82, 2.24) is 0 Å². The van der Waals surface area contributed by atoms with Crippen LogP contribution in [0.1, 0.15) is 5.76 Å². The lowest BCUT2D eigenvalue weighted by Gasteiger charge is -2.00. The second-order valence-corrected chi connectivity index (χ2v) is 2.52. The number of aryl methyl sites for hydroxylation is 1. The van der Waals surface area contributed by atoms with Gasteiger partial charge in [0.1, 0.15) is 24.3 Å². The van der Waals surface area contributed by atoms with Crippen molar-refractivity contribution in [2.24, 2.45) is 0 Å². The number of anilines is 1. The van der Waals surface area contributed by atoms with E-state index in [1.807, 2.05) is 0 Å². The minimum absolute atomic E-state index is 0.160. The molecule has 0 aliphatic carbocycles. The van der Waals surface area contributed by atoms with Crippen LogP contribution in [0.2, 0.25) is 0 Å². The zero-order valence-corrected chi connectivity index (χ0v) is 7.03. The Labute approximate surface area is 74.0 Å². The van der Waals surface area contributed by atoms with Crippen LogP contribution in [0.4, 0.5) is 5.69 Å². The fourth-order valence-corrected chi connectivity index (χ4v) is 0.806. The summed E-state index contributed by atoms with van der Waals surface area (Å²) < 4.78 is 4.92. The first-order valence-electron chi connectivity index (χ1n) is 3.64. The Morgan fingerprint density at radius 3 is 2.92 bits per heavy atom. The second-order valence-electron chi connectivity index (χ2n) is 2.52. The summed E-state index contributed by atoms with van der Waals surface area (Å²) in [6.07, 6.45) is 1.21. The van der Waals surface area contributed by atoms with E-state index in [9.17, 15) is 9.59 Å². The molecule has 0 radical (unpaired) electrons. The molecule has 0 atom stereocenters. The molecule has 0 aliphatic rings. The van der Waals surface area contributed by atoms with Gasteiger partial charge in [-0.3, -0.25) is 9.59 Å². The monoisotopic (exact) mass is 183 g/mol. The summed E-state index contributed by atoms with van der Waals surface area (Å²) in [6, 6.07) is 1.30. The standard InChI is InChI=1S/C8H9NO4/c1-5-2-7(10)6(4-13-5)9-3-8(11)12/h2,4,9H,3H2,1H3,(H,11,12). The number of nitrogens with one attached hydrogen (secondary N) is 1. The van der Waals surface area contributed by atoms with E-state index in [0.717, 1.165) is 0 Å². The molecule has 0 fully saturated rings. The molecule has 0 spiro atoms. The lowest BCUT2D eigenvalue weighted by molar-refractivity contribution is -0.134. The number of hydrogen-bond donors (Lipinski definition) is 2. The first-order valence-corrected chi connectivity index (χ1v) is 3.64. The smallest absolute Gasteiger partial charge is 0.322 e. The molecule has 0 amide bonds. The van der Waals surface area contributed by atoms with Crippen LogP contribution in [0.15, 0.2) is 21.5 Å². The number of aliphatic carboxylic acids is 1. The third kappa shape index (κ3) is 2.62. The molecule has 13 heavy (non-hydrogen) atoms. The van der Waals surface area contributed by atoms with Gasteiger partial charge in [0.25, 0.3) is 0 Å².